The van der Waals surface area contributed by atoms with Crippen molar-refractivity contribution in [3.63, 3.8) is 0 Å². The van der Waals surface area contributed by atoms with Gasteiger partial charge < -0.3 is 5.32 Å². The highest BCUT2D eigenvalue weighted by molar-refractivity contribution is 6.31. The summed E-state index contributed by atoms with van der Waals surface area (Å²) in [6.07, 6.45) is 3.15. The number of carbonyl (C=O) groups excluding carboxylic acids is 1. The van der Waals surface area contributed by atoms with E-state index in [1.807, 2.05) is 19.1 Å². The Kier molecular flexibility index (Phi) is 4.52. The predicted octanol–water partition coefficient (Wildman–Crippen LogP) is 3.79. The maximum atomic E-state index is 12.0. The van der Waals surface area contributed by atoms with Gasteiger partial charge >= 0.3 is 0 Å². The predicted molar refractivity (Wildman–Crippen MR) is 75.5 cm³/mol. The molecule has 0 aromatic heterocycles. The van der Waals surface area contributed by atoms with Crippen LogP contribution in [0.3, 0.4) is 0 Å². The Labute approximate surface area is 118 Å². The number of nitrogens with one attached hydrogen (secondary N) is 1. The van der Waals surface area contributed by atoms with Gasteiger partial charge in [0.15, 0.2) is 0 Å². The molecule has 0 saturated heterocycles. The Bertz CT molecular complexity index is 427. The van der Waals surface area contributed by atoms with Gasteiger partial charge in [-0.25, -0.2) is 0 Å². The van der Waals surface area contributed by atoms with E-state index in [2.05, 4.69) is 5.32 Å². The molecule has 0 spiro atoms. The Morgan fingerprint density at radius 1 is 1.39 bits per heavy atom. The minimum atomic E-state index is -0.0568. The van der Waals surface area contributed by atoms with Crippen LogP contribution in [0, 0.1) is 12.8 Å². The molecule has 0 bridgehead atoms. The van der Waals surface area contributed by atoms with E-state index in [-0.39, 0.29) is 11.3 Å². The van der Waals surface area contributed by atoms with Crippen molar-refractivity contribution in [1.82, 2.24) is 5.32 Å². The number of halogens is 2. The van der Waals surface area contributed by atoms with E-state index in [1.54, 1.807) is 6.07 Å². The summed E-state index contributed by atoms with van der Waals surface area (Å²) in [5, 5.41) is 3.84. The first kappa shape index (κ1) is 13.7. The maximum absolute atomic E-state index is 12.0. The van der Waals surface area contributed by atoms with E-state index < -0.39 is 0 Å². The zero-order valence-electron chi connectivity index (χ0n) is 10.4. The zero-order valence-corrected chi connectivity index (χ0v) is 11.9. The van der Waals surface area contributed by atoms with Crippen LogP contribution in [0.2, 0.25) is 5.02 Å². The van der Waals surface area contributed by atoms with Crippen molar-refractivity contribution >= 4 is 29.1 Å². The lowest BCUT2D eigenvalue weighted by Crippen LogP contribution is -2.28. The Morgan fingerprint density at radius 2 is 2.17 bits per heavy atom. The summed E-state index contributed by atoms with van der Waals surface area (Å²) in [5.74, 6) is 0.454. The van der Waals surface area contributed by atoms with Gasteiger partial charge in [0.2, 0.25) is 0 Å². The highest BCUT2D eigenvalue weighted by atomic mass is 35.5. The normalized spacial score (nSPS) is 23.1. The number of aryl methyl sites for hydroxylation is 1. The number of amides is 1. The fraction of sp³-hybridized carbons (Fsp3) is 0.500. The van der Waals surface area contributed by atoms with Gasteiger partial charge in [0.25, 0.3) is 5.91 Å². The SMILES string of the molecule is Cc1cc(Cl)cc(C(=O)NCC2CCC(Cl)C2)c1. The number of hydrogen-bond acceptors (Lipinski definition) is 1. The van der Waals surface area contributed by atoms with Crippen molar-refractivity contribution in [2.75, 3.05) is 6.54 Å². The lowest BCUT2D eigenvalue weighted by molar-refractivity contribution is 0.0947. The Hall–Kier alpha value is -0.730. The van der Waals surface area contributed by atoms with Crippen molar-refractivity contribution in [3.8, 4) is 0 Å². The maximum Gasteiger partial charge on any atom is 0.251 e. The smallest absolute Gasteiger partial charge is 0.251 e. The molecule has 1 N–H and O–H groups in total. The largest absolute Gasteiger partial charge is 0.352 e. The number of benzene rings is 1. The van der Waals surface area contributed by atoms with Gasteiger partial charge in [-0.1, -0.05) is 11.6 Å². The monoisotopic (exact) mass is 285 g/mol. The summed E-state index contributed by atoms with van der Waals surface area (Å²) in [7, 11) is 0. The second-order valence-corrected chi connectivity index (χ2v) is 6.06. The van der Waals surface area contributed by atoms with Crippen LogP contribution in [-0.4, -0.2) is 17.8 Å². The minimum Gasteiger partial charge on any atom is -0.352 e. The molecule has 2 atom stereocenters. The van der Waals surface area contributed by atoms with E-state index in [0.717, 1.165) is 24.8 Å². The van der Waals surface area contributed by atoms with Crippen molar-refractivity contribution < 1.29 is 4.79 Å². The van der Waals surface area contributed by atoms with Gasteiger partial charge in [-0.05, 0) is 55.9 Å². The van der Waals surface area contributed by atoms with Gasteiger partial charge in [0.1, 0.15) is 0 Å². The molecule has 18 heavy (non-hydrogen) atoms. The van der Waals surface area contributed by atoms with E-state index in [4.69, 9.17) is 23.2 Å². The molecular formula is C14H17Cl2NO. The molecule has 1 aromatic carbocycles. The van der Waals surface area contributed by atoms with Gasteiger partial charge in [-0.15, -0.1) is 11.6 Å². The number of carbonyl (C=O) groups is 1. The zero-order chi connectivity index (χ0) is 13.1. The van der Waals surface area contributed by atoms with Gasteiger partial charge in [-0.3, -0.25) is 4.79 Å². The molecule has 1 aliphatic carbocycles. The Balaban J connectivity index is 1.91. The number of alkyl halides is 1. The van der Waals surface area contributed by atoms with Crippen LogP contribution in [0.15, 0.2) is 18.2 Å². The van der Waals surface area contributed by atoms with Crippen LogP contribution in [0.5, 0.6) is 0 Å². The molecule has 1 saturated carbocycles. The van der Waals surface area contributed by atoms with Crippen LogP contribution < -0.4 is 5.32 Å². The Morgan fingerprint density at radius 3 is 2.78 bits per heavy atom. The molecule has 0 radical (unpaired) electrons. The second kappa shape index (κ2) is 5.94. The molecule has 0 heterocycles. The third kappa shape index (κ3) is 3.63. The van der Waals surface area contributed by atoms with Crippen molar-refractivity contribution in [3.05, 3.63) is 34.3 Å². The molecular weight excluding hydrogens is 269 g/mol. The molecule has 98 valence electrons. The van der Waals surface area contributed by atoms with Gasteiger partial charge in [0, 0.05) is 22.5 Å². The molecule has 0 aliphatic heterocycles. The van der Waals surface area contributed by atoms with E-state index in [1.165, 1.54) is 0 Å². The van der Waals surface area contributed by atoms with Crippen LogP contribution in [-0.2, 0) is 0 Å². The van der Waals surface area contributed by atoms with Crippen LogP contribution >= 0.6 is 23.2 Å². The molecule has 2 nitrogen and oxygen atoms in total. The third-order valence-corrected chi connectivity index (χ3v) is 3.95. The van der Waals surface area contributed by atoms with Crippen LogP contribution in [0.4, 0.5) is 0 Å². The highest BCUT2D eigenvalue weighted by Gasteiger charge is 2.23. The molecule has 4 heteroatoms. The summed E-state index contributed by atoms with van der Waals surface area (Å²) < 4.78 is 0. The standard InChI is InChI=1S/C14H17Cl2NO/c1-9-4-11(7-13(16)5-9)14(18)17-8-10-2-3-12(15)6-10/h4-5,7,10,12H,2-3,6,8H2,1H3,(H,17,18). The lowest BCUT2D eigenvalue weighted by atomic mass is 10.1. The molecule has 2 unspecified atom stereocenters. The average Bonchev–Trinajstić information content (AvgIpc) is 2.70. The molecule has 1 aliphatic rings. The molecule has 1 aromatic rings. The second-order valence-electron chi connectivity index (χ2n) is 5.00. The van der Waals surface area contributed by atoms with E-state index in [9.17, 15) is 4.79 Å². The molecule has 1 fully saturated rings. The fourth-order valence-electron chi connectivity index (χ4n) is 2.41. The molecule has 1 amide bonds. The number of rotatable bonds is 3. The van der Waals surface area contributed by atoms with Crippen molar-refractivity contribution in [2.24, 2.45) is 5.92 Å². The lowest BCUT2D eigenvalue weighted by Gasteiger charge is -2.11. The average molecular weight is 286 g/mol. The first-order valence-electron chi connectivity index (χ1n) is 6.24. The van der Waals surface area contributed by atoms with Crippen molar-refractivity contribution in [2.45, 2.75) is 31.6 Å². The minimum absolute atomic E-state index is 0.0568. The summed E-state index contributed by atoms with van der Waals surface area (Å²) >= 11 is 12.0. The summed E-state index contributed by atoms with van der Waals surface area (Å²) in [5.41, 5.74) is 1.62. The fourth-order valence-corrected chi connectivity index (χ4v) is 3.07. The topological polar surface area (TPSA) is 29.1 Å². The number of hydrogen-bond donors (Lipinski definition) is 1. The van der Waals surface area contributed by atoms with Crippen molar-refractivity contribution in [1.29, 1.82) is 0 Å². The first-order valence-corrected chi connectivity index (χ1v) is 7.05. The van der Waals surface area contributed by atoms with E-state index in [0.29, 0.717) is 23.0 Å². The third-order valence-electron chi connectivity index (χ3n) is 3.33. The van der Waals surface area contributed by atoms with Gasteiger partial charge in [0.05, 0.1) is 0 Å². The summed E-state index contributed by atoms with van der Waals surface area (Å²) in [6.45, 7) is 2.63. The van der Waals surface area contributed by atoms with E-state index >= 15 is 0 Å². The summed E-state index contributed by atoms with van der Waals surface area (Å²) in [4.78, 5) is 12.0. The van der Waals surface area contributed by atoms with Crippen LogP contribution in [0.1, 0.15) is 35.2 Å². The van der Waals surface area contributed by atoms with Gasteiger partial charge in [-0.2, -0.15) is 0 Å². The first-order chi connectivity index (χ1) is 8.54. The highest BCUT2D eigenvalue weighted by Crippen LogP contribution is 2.28. The quantitative estimate of drug-likeness (QED) is 0.842. The summed E-state index contributed by atoms with van der Waals surface area (Å²) in [6, 6.07) is 5.39. The molecule has 2 rings (SSSR count). The van der Waals surface area contributed by atoms with Crippen LogP contribution in [0.25, 0.3) is 0 Å².